The summed E-state index contributed by atoms with van der Waals surface area (Å²) in [5.74, 6) is -0.0216. The Bertz CT molecular complexity index is 625. The van der Waals surface area contributed by atoms with Gasteiger partial charge in [0.05, 0.1) is 6.33 Å². The fourth-order valence-corrected chi connectivity index (χ4v) is 1.72. The van der Waals surface area contributed by atoms with Gasteiger partial charge in [-0.05, 0) is 18.4 Å². The van der Waals surface area contributed by atoms with Crippen molar-refractivity contribution in [3.05, 3.63) is 16.7 Å². The van der Waals surface area contributed by atoms with Crippen LogP contribution in [0.1, 0.15) is 6.42 Å². The number of nitrogens with two attached hydrogens (primary N) is 2. The highest BCUT2D eigenvalue weighted by atomic mass is 32.2. The number of nitrogen functional groups attached to an aromatic ring is 1. The van der Waals surface area contributed by atoms with Crippen LogP contribution >= 0.6 is 11.8 Å². The normalized spacial score (nSPS) is 11.7. The highest BCUT2D eigenvalue weighted by Gasteiger charge is 2.09. The van der Waals surface area contributed by atoms with Gasteiger partial charge in [-0.1, -0.05) is 0 Å². The molecule has 0 saturated carbocycles. The van der Waals surface area contributed by atoms with Crippen LogP contribution in [-0.2, 0) is 4.79 Å². The highest BCUT2D eigenvalue weighted by molar-refractivity contribution is 7.98. The van der Waals surface area contributed by atoms with Crippen LogP contribution in [0.15, 0.2) is 11.1 Å². The molecule has 1 atom stereocenters. The molecule has 2 rings (SSSR count). The maximum Gasteiger partial charge on any atom is 0.320 e. The van der Waals surface area contributed by atoms with E-state index in [1.807, 2.05) is 6.26 Å². The Morgan fingerprint density at radius 3 is 2.90 bits per heavy atom. The van der Waals surface area contributed by atoms with Crippen molar-refractivity contribution in [1.29, 1.82) is 0 Å². The standard InChI is InChI=1S/C5H5N5O.C5H11NO2S/c6-5-9-3-2(4(11)10-5)7-1-8-3;1-9-3-2-4(6)5(7)8/h1H,(H4,6,7,8,9,10,11);4H,2-3,6H2,1H3,(H,7,8)/t;4-/m.0/s1. The van der Waals surface area contributed by atoms with Crippen LogP contribution in [0.4, 0.5) is 5.95 Å². The molecular weight excluding hydrogens is 284 g/mol. The maximum absolute atomic E-state index is 11.0. The molecule has 0 bridgehead atoms. The molecule has 0 saturated heterocycles. The van der Waals surface area contributed by atoms with E-state index in [0.29, 0.717) is 17.6 Å². The van der Waals surface area contributed by atoms with Crippen LogP contribution in [0, 0.1) is 0 Å². The lowest BCUT2D eigenvalue weighted by molar-refractivity contribution is -0.138. The molecule has 0 aliphatic rings. The Morgan fingerprint density at radius 2 is 2.30 bits per heavy atom. The summed E-state index contributed by atoms with van der Waals surface area (Å²) in [5, 5.41) is 8.27. The number of hydrogen-bond acceptors (Lipinski definition) is 7. The van der Waals surface area contributed by atoms with Crippen molar-refractivity contribution < 1.29 is 9.90 Å². The lowest BCUT2D eigenvalue weighted by atomic mass is 10.2. The fourth-order valence-electron chi connectivity index (χ4n) is 1.23. The molecule has 0 aromatic carbocycles. The van der Waals surface area contributed by atoms with E-state index in [4.69, 9.17) is 16.6 Å². The van der Waals surface area contributed by atoms with Crippen molar-refractivity contribution in [2.45, 2.75) is 12.5 Å². The van der Waals surface area contributed by atoms with Crippen LogP contribution in [0.25, 0.3) is 11.2 Å². The van der Waals surface area contributed by atoms with Gasteiger partial charge in [0, 0.05) is 0 Å². The number of carboxylic acids is 1. The van der Waals surface area contributed by atoms with E-state index < -0.39 is 12.0 Å². The monoisotopic (exact) mass is 300 g/mol. The Labute approximate surface area is 118 Å². The number of fused-ring (bicyclic) bond motifs is 1. The van der Waals surface area contributed by atoms with E-state index in [0.717, 1.165) is 5.75 Å². The smallest absolute Gasteiger partial charge is 0.320 e. The van der Waals surface area contributed by atoms with E-state index >= 15 is 0 Å². The van der Waals surface area contributed by atoms with E-state index in [2.05, 4.69) is 19.9 Å². The number of aromatic nitrogens is 4. The minimum absolute atomic E-state index is 0.0783. The third-order valence-corrected chi connectivity index (χ3v) is 2.91. The number of aromatic amines is 2. The number of rotatable bonds is 4. The van der Waals surface area contributed by atoms with Crippen molar-refractivity contribution in [2.24, 2.45) is 5.73 Å². The largest absolute Gasteiger partial charge is 0.480 e. The van der Waals surface area contributed by atoms with Crippen molar-refractivity contribution in [1.82, 2.24) is 19.9 Å². The molecule has 10 heteroatoms. The van der Waals surface area contributed by atoms with Gasteiger partial charge in [-0.2, -0.15) is 16.7 Å². The first-order chi connectivity index (χ1) is 9.45. The average Bonchev–Trinajstić information content (AvgIpc) is 2.84. The van der Waals surface area contributed by atoms with Gasteiger partial charge < -0.3 is 21.6 Å². The molecule has 2 heterocycles. The third-order valence-electron chi connectivity index (χ3n) is 2.26. The minimum Gasteiger partial charge on any atom is -0.480 e. The molecule has 0 aliphatic heterocycles. The highest BCUT2D eigenvalue weighted by Crippen LogP contribution is 1.99. The van der Waals surface area contributed by atoms with Crippen molar-refractivity contribution in [3.8, 4) is 0 Å². The first kappa shape index (κ1) is 16.0. The van der Waals surface area contributed by atoms with Crippen LogP contribution in [0.5, 0.6) is 0 Å². The maximum atomic E-state index is 11.0. The molecule has 9 nitrogen and oxygen atoms in total. The summed E-state index contributed by atoms with van der Waals surface area (Å²) >= 11 is 1.60. The SMILES string of the molecule is CSCC[C@H](N)C(=O)O.Nc1nc2nc[nH]c2c(=O)[nH]1. The van der Waals surface area contributed by atoms with Gasteiger partial charge >= 0.3 is 5.97 Å². The summed E-state index contributed by atoms with van der Waals surface area (Å²) < 4.78 is 0. The molecule has 0 fully saturated rings. The van der Waals surface area contributed by atoms with Gasteiger partial charge in [-0.3, -0.25) is 14.6 Å². The average molecular weight is 300 g/mol. The third kappa shape index (κ3) is 4.55. The number of carboxylic acid groups (broad SMARTS) is 1. The summed E-state index contributed by atoms with van der Waals surface area (Å²) in [7, 11) is 0. The molecule has 110 valence electrons. The number of anilines is 1. The predicted molar refractivity (Wildman–Crippen MR) is 77.5 cm³/mol. The quantitative estimate of drug-likeness (QED) is 0.498. The number of aliphatic carboxylic acids is 1. The van der Waals surface area contributed by atoms with E-state index in [1.54, 1.807) is 11.8 Å². The zero-order chi connectivity index (χ0) is 15.1. The molecule has 0 radical (unpaired) electrons. The molecule has 0 spiro atoms. The molecule has 0 amide bonds. The Balaban J connectivity index is 0.000000206. The summed E-state index contributed by atoms with van der Waals surface area (Å²) in [5.41, 5.74) is 10.8. The zero-order valence-corrected chi connectivity index (χ0v) is 11.6. The summed E-state index contributed by atoms with van der Waals surface area (Å²) in [6.45, 7) is 0. The number of nitrogens with one attached hydrogen (secondary N) is 2. The molecule has 7 N–H and O–H groups in total. The molecule has 2 aromatic heterocycles. The van der Waals surface area contributed by atoms with E-state index in [9.17, 15) is 9.59 Å². The van der Waals surface area contributed by atoms with E-state index in [-0.39, 0.29) is 11.5 Å². The number of hydrogen-bond donors (Lipinski definition) is 5. The summed E-state index contributed by atoms with van der Waals surface area (Å²) in [6.07, 6.45) is 3.87. The summed E-state index contributed by atoms with van der Waals surface area (Å²) in [4.78, 5) is 33.6. The van der Waals surface area contributed by atoms with Crippen LogP contribution < -0.4 is 17.0 Å². The zero-order valence-electron chi connectivity index (χ0n) is 10.8. The second-order valence-corrected chi connectivity index (χ2v) is 4.76. The first-order valence-corrected chi connectivity index (χ1v) is 7.01. The molecular formula is C10H16N6O3S. The molecule has 0 unspecified atom stereocenters. The number of imidazole rings is 1. The minimum atomic E-state index is -0.913. The van der Waals surface area contributed by atoms with Gasteiger partial charge in [0.2, 0.25) is 5.95 Å². The number of H-pyrrole nitrogens is 2. The lowest BCUT2D eigenvalue weighted by Crippen LogP contribution is -2.30. The molecule has 2 aromatic rings. The van der Waals surface area contributed by atoms with Crippen molar-refractivity contribution >= 4 is 34.8 Å². The van der Waals surface area contributed by atoms with Crippen LogP contribution in [0.3, 0.4) is 0 Å². The second kappa shape index (κ2) is 7.50. The topological polar surface area (TPSA) is 164 Å². The Morgan fingerprint density at radius 1 is 1.60 bits per heavy atom. The van der Waals surface area contributed by atoms with Crippen LogP contribution in [-0.4, -0.2) is 49.1 Å². The second-order valence-electron chi connectivity index (χ2n) is 3.78. The first-order valence-electron chi connectivity index (χ1n) is 5.62. The van der Waals surface area contributed by atoms with Gasteiger partial charge in [-0.25, -0.2) is 4.98 Å². The number of thioether (sulfide) groups is 1. The lowest BCUT2D eigenvalue weighted by Gasteiger charge is -2.02. The van der Waals surface area contributed by atoms with Crippen molar-refractivity contribution in [3.63, 3.8) is 0 Å². The van der Waals surface area contributed by atoms with Gasteiger partial charge in [-0.15, -0.1) is 0 Å². The van der Waals surface area contributed by atoms with Gasteiger partial charge in [0.1, 0.15) is 6.04 Å². The Hall–Kier alpha value is -2.07. The molecule has 20 heavy (non-hydrogen) atoms. The van der Waals surface area contributed by atoms with Crippen LogP contribution in [0.2, 0.25) is 0 Å². The number of nitrogens with zero attached hydrogens (tertiary/aromatic N) is 2. The number of carbonyl (C=O) groups is 1. The van der Waals surface area contributed by atoms with Gasteiger partial charge in [0.15, 0.2) is 11.2 Å². The fraction of sp³-hybridized carbons (Fsp3) is 0.400. The van der Waals surface area contributed by atoms with E-state index in [1.165, 1.54) is 6.33 Å². The van der Waals surface area contributed by atoms with Gasteiger partial charge in [0.25, 0.3) is 5.56 Å². The Kier molecular flexibility index (Phi) is 6.00. The van der Waals surface area contributed by atoms with Crippen molar-refractivity contribution in [2.75, 3.05) is 17.7 Å². The predicted octanol–water partition coefficient (Wildman–Crippen LogP) is -0.620. The summed E-state index contributed by atoms with van der Waals surface area (Å²) in [6, 6.07) is -0.683. The molecule has 0 aliphatic carbocycles.